The molecule has 1 aliphatic heterocycles. The first kappa shape index (κ1) is 28.2. The highest BCUT2D eigenvalue weighted by molar-refractivity contribution is 8.93. The summed E-state index contributed by atoms with van der Waals surface area (Å²) in [6, 6.07) is 9.17. The Bertz CT molecular complexity index is 1160. The number of aliphatic carboxylic acids is 1. The van der Waals surface area contributed by atoms with Gasteiger partial charge in [0.2, 0.25) is 5.91 Å². The minimum atomic E-state index is -1.02. The Morgan fingerprint density at radius 2 is 1.83 bits per heavy atom. The maximum atomic E-state index is 13.2. The van der Waals surface area contributed by atoms with E-state index in [9.17, 15) is 14.4 Å². The molecule has 1 aromatic heterocycles. The average Bonchev–Trinajstić information content (AvgIpc) is 3.10. The number of amidine groups is 1. The minimum absolute atomic E-state index is 0. The number of halogens is 1. The summed E-state index contributed by atoms with van der Waals surface area (Å²) in [6.45, 7) is 8.55. The number of hydrogen-bond acceptors (Lipinski definition) is 5. The summed E-state index contributed by atoms with van der Waals surface area (Å²) in [5.41, 5.74) is 4.12. The molecule has 2 N–H and O–H groups in total. The molecular formula is C26H33BrN4O4. The maximum Gasteiger partial charge on any atom is 0.303 e. The van der Waals surface area contributed by atoms with Crippen molar-refractivity contribution in [2.45, 2.75) is 58.9 Å². The van der Waals surface area contributed by atoms with E-state index in [1.54, 1.807) is 30.1 Å². The number of ketones is 1. The van der Waals surface area contributed by atoms with Crippen molar-refractivity contribution in [3.63, 3.8) is 0 Å². The van der Waals surface area contributed by atoms with Gasteiger partial charge in [-0.05, 0) is 41.7 Å². The van der Waals surface area contributed by atoms with Crippen molar-refractivity contribution in [1.29, 1.82) is 5.41 Å². The molecule has 0 spiro atoms. The lowest BCUT2D eigenvalue weighted by molar-refractivity contribution is -0.138. The number of amides is 1. The van der Waals surface area contributed by atoms with Crippen LogP contribution >= 0.6 is 17.0 Å². The van der Waals surface area contributed by atoms with Crippen molar-refractivity contribution in [1.82, 2.24) is 9.88 Å². The minimum Gasteiger partial charge on any atom is -0.481 e. The molecule has 8 nitrogen and oxygen atoms in total. The van der Waals surface area contributed by atoms with Crippen molar-refractivity contribution in [2.75, 3.05) is 18.5 Å². The van der Waals surface area contributed by atoms with Crippen LogP contribution in [0.3, 0.4) is 0 Å². The van der Waals surface area contributed by atoms with E-state index in [4.69, 9.17) is 10.5 Å². The number of nitrogens with zero attached hydrogens (tertiary/aromatic N) is 3. The third-order valence-corrected chi connectivity index (χ3v) is 6.05. The number of pyridine rings is 1. The Labute approximate surface area is 216 Å². The molecule has 0 atom stereocenters. The molecule has 1 aliphatic rings. The van der Waals surface area contributed by atoms with Crippen LogP contribution in [0.15, 0.2) is 30.3 Å². The SMILES string of the molecule is Br.CCc1ccc2c(n1)C(=N)N(CC(=O)c1ccc(N(C)C(=O)CCC(=O)O)c(C(C)(C)C)c1)C2. The number of rotatable bonds is 8. The van der Waals surface area contributed by atoms with Gasteiger partial charge < -0.3 is 14.9 Å². The van der Waals surface area contributed by atoms with E-state index >= 15 is 0 Å². The second-order valence-corrected chi connectivity index (χ2v) is 9.62. The van der Waals surface area contributed by atoms with Crippen LogP contribution < -0.4 is 4.90 Å². The number of benzene rings is 1. The van der Waals surface area contributed by atoms with Gasteiger partial charge in [-0.25, -0.2) is 4.98 Å². The molecule has 0 unspecified atom stereocenters. The van der Waals surface area contributed by atoms with E-state index in [1.807, 2.05) is 39.8 Å². The summed E-state index contributed by atoms with van der Waals surface area (Å²) in [5, 5.41) is 17.4. The molecule has 0 saturated heterocycles. The molecule has 0 saturated carbocycles. The number of aryl methyl sites for hydroxylation is 1. The monoisotopic (exact) mass is 544 g/mol. The first-order valence-electron chi connectivity index (χ1n) is 11.4. The van der Waals surface area contributed by atoms with Crippen LogP contribution in [-0.4, -0.2) is 52.1 Å². The van der Waals surface area contributed by atoms with Crippen molar-refractivity contribution in [3.8, 4) is 0 Å². The number of nitrogens with one attached hydrogen (secondary N) is 1. The first-order valence-corrected chi connectivity index (χ1v) is 11.4. The number of Topliss-reactive ketones (excluding diaryl/α,β-unsaturated/α-hetero) is 1. The molecule has 0 bridgehead atoms. The molecule has 188 valence electrons. The number of carboxylic acid groups (broad SMARTS) is 1. The lowest BCUT2D eigenvalue weighted by Gasteiger charge is -2.28. The summed E-state index contributed by atoms with van der Waals surface area (Å²) >= 11 is 0. The van der Waals surface area contributed by atoms with Crippen LogP contribution in [0, 0.1) is 5.41 Å². The van der Waals surface area contributed by atoms with Gasteiger partial charge in [0, 0.05) is 42.5 Å². The van der Waals surface area contributed by atoms with Gasteiger partial charge in [-0.15, -0.1) is 17.0 Å². The van der Waals surface area contributed by atoms with Crippen LogP contribution in [0.2, 0.25) is 0 Å². The maximum absolute atomic E-state index is 13.2. The highest BCUT2D eigenvalue weighted by Crippen LogP contribution is 2.33. The third kappa shape index (κ3) is 6.33. The normalized spacial score (nSPS) is 12.7. The van der Waals surface area contributed by atoms with E-state index in [0.29, 0.717) is 23.5 Å². The Morgan fingerprint density at radius 1 is 1.14 bits per heavy atom. The van der Waals surface area contributed by atoms with E-state index in [-0.39, 0.29) is 59.3 Å². The predicted molar refractivity (Wildman–Crippen MR) is 141 cm³/mol. The highest BCUT2D eigenvalue weighted by atomic mass is 79.9. The van der Waals surface area contributed by atoms with Gasteiger partial charge in [0.1, 0.15) is 11.5 Å². The fourth-order valence-electron chi connectivity index (χ4n) is 4.01. The molecule has 1 amide bonds. The number of hydrogen-bond donors (Lipinski definition) is 2. The van der Waals surface area contributed by atoms with Crippen LogP contribution in [0.5, 0.6) is 0 Å². The Balaban J connectivity index is 0.00000432. The summed E-state index contributed by atoms with van der Waals surface area (Å²) in [6.07, 6.45) is 0.458. The molecule has 1 aromatic carbocycles. The van der Waals surface area contributed by atoms with Crippen molar-refractivity contribution >= 4 is 46.2 Å². The molecule has 2 heterocycles. The largest absolute Gasteiger partial charge is 0.481 e. The van der Waals surface area contributed by atoms with E-state index in [2.05, 4.69) is 4.98 Å². The average molecular weight is 545 g/mol. The Kier molecular flexibility index (Phi) is 8.94. The Hall–Kier alpha value is -3.07. The summed E-state index contributed by atoms with van der Waals surface area (Å²) < 4.78 is 0. The molecule has 0 radical (unpaired) electrons. The predicted octanol–water partition coefficient (Wildman–Crippen LogP) is 4.37. The number of carbonyl (C=O) groups is 3. The van der Waals surface area contributed by atoms with Crippen LogP contribution in [0.25, 0.3) is 0 Å². The van der Waals surface area contributed by atoms with E-state index < -0.39 is 5.97 Å². The van der Waals surface area contributed by atoms with Gasteiger partial charge >= 0.3 is 5.97 Å². The lowest BCUT2D eigenvalue weighted by Crippen LogP contribution is -2.31. The number of fused-ring (bicyclic) bond motifs is 1. The van der Waals surface area contributed by atoms with E-state index in [0.717, 1.165) is 23.2 Å². The molecule has 9 heteroatoms. The van der Waals surface area contributed by atoms with Gasteiger partial charge in [0.15, 0.2) is 5.78 Å². The van der Waals surface area contributed by atoms with Crippen molar-refractivity contribution < 1.29 is 19.5 Å². The number of anilines is 1. The van der Waals surface area contributed by atoms with Gasteiger partial charge in [0.05, 0.1) is 13.0 Å². The second kappa shape index (κ2) is 11.1. The number of aromatic nitrogens is 1. The molecule has 0 aliphatic carbocycles. The van der Waals surface area contributed by atoms with Crippen LogP contribution in [0.1, 0.15) is 73.4 Å². The van der Waals surface area contributed by atoms with Gasteiger partial charge in [-0.3, -0.25) is 19.8 Å². The second-order valence-electron chi connectivity index (χ2n) is 9.62. The Morgan fingerprint density at radius 3 is 2.43 bits per heavy atom. The van der Waals surface area contributed by atoms with E-state index in [1.165, 1.54) is 4.90 Å². The molecular weight excluding hydrogens is 512 g/mol. The van der Waals surface area contributed by atoms with Gasteiger partial charge in [-0.1, -0.05) is 33.8 Å². The number of carboxylic acids is 1. The lowest BCUT2D eigenvalue weighted by atomic mass is 9.84. The highest BCUT2D eigenvalue weighted by Gasteiger charge is 2.29. The fourth-order valence-corrected chi connectivity index (χ4v) is 4.01. The van der Waals surface area contributed by atoms with Crippen molar-refractivity contribution in [2.24, 2.45) is 0 Å². The van der Waals surface area contributed by atoms with Crippen LogP contribution in [0.4, 0.5) is 5.69 Å². The van der Waals surface area contributed by atoms with Gasteiger partial charge in [0.25, 0.3) is 0 Å². The molecule has 3 rings (SSSR count). The zero-order chi connectivity index (χ0) is 25.2. The fraction of sp³-hybridized carbons (Fsp3) is 0.423. The summed E-state index contributed by atoms with van der Waals surface area (Å²) in [5.74, 6) is -1.18. The standard InChI is InChI=1S/C26H32N4O4.BrH/c1-6-18-9-7-17-14-30(25(27)24(17)28-18)15-21(31)16-8-10-20(19(13-16)26(2,3)4)29(5)22(32)11-12-23(33)34;/h7-10,13,27H,6,11-12,14-15H2,1-5H3,(H,33,34);1H. The molecule has 2 aromatic rings. The zero-order valence-electron chi connectivity index (χ0n) is 20.8. The van der Waals surface area contributed by atoms with Crippen molar-refractivity contribution in [3.05, 3.63) is 58.4 Å². The molecule has 0 fully saturated rings. The summed E-state index contributed by atoms with van der Waals surface area (Å²) in [7, 11) is 1.62. The third-order valence-electron chi connectivity index (χ3n) is 6.05. The number of carbonyl (C=O) groups excluding carboxylic acids is 2. The molecule has 35 heavy (non-hydrogen) atoms. The smallest absolute Gasteiger partial charge is 0.303 e. The topological polar surface area (TPSA) is 115 Å². The quantitative estimate of drug-likeness (QED) is 0.476. The van der Waals surface area contributed by atoms with Crippen LogP contribution in [-0.2, 0) is 28.0 Å². The first-order chi connectivity index (χ1) is 15.9. The summed E-state index contributed by atoms with van der Waals surface area (Å²) in [4.78, 5) is 44.3. The van der Waals surface area contributed by atoms with Gasteiger partial charge in [-0.2, -0.15) is 0 Å². The zero-order valence-corrected chi connectivity index (χ0v) is 22.6.